The molecule has 4 rings (SSSR count). The Labute approximate surface area is 247 Å². The minimum Gasteiger partial charge on any atom is -0.478 e. The van der Waals surface area contributed by atoms with Crippen molar-refractivity contribution in [1.82, 2.24) is 0 Å². The molecule has 2 aromatic heterocycles. The maximum atomic E-state index is 12.4. The molecule has 0 aliphatic heterocycles. The van der Waals surface area contributed by atoms with E-state index in [1.807, 2.05) is 6.92 Å². The monoisotopic (exact) mass is 641 g/mol. The van der Waals surface area contributed by atoms with Crippen molar-refractivity contribution in [2.24, 2.45) is 5.73 Å². The molecule has 0 fully saturated rings. The van der Waals surface area contributed by atoms with Gasteiger partial charge in [-0.25, -0.2) is 21.6 Å². The first-order chi connectivity index (χ1) is 18.4. The van der Waals surface area contributed by atoms with E-state index in [0.29, 0.717) is 18.5 Å². The molecule has 0 saturated carbocycles. The fourth-order valence-corrected chi connectivity index (χ4v) is 8.67. The highest BCUT2D eigenvalue weighted by atomic mass is 35.5. The number of aromatic carboxylic acids is 1. The fourth-order valence-electron chi connectivity index (χ4n) is 3.34. The number of carbonyl (C=O) groups excluding carboxylic acids is 1. The highest BCUT2D eigenvalue weighted by Gasteiger charge is 2.21. The van der Waals surface area contributed by atoms with Crippen LogP contribution in [0.2, 0.25) is 0 Å². The molecular formula is C27H28ClNO7S4. The summed E-state index contributed by atoms with van der Waals surface area (Å²) < 4.78 is 50.0. The number of hydrogen-bond acceptors (Lipinski definition) is 9. The molecule has 0 radical (unpaired) electrons. The Kier molecular flexibility index (Phi) is 11.8. The number of carboxylic acid groups (broad SMARTS) is 1. The third-order valence-electron chi connectivity index (χ3n) is 5.57. The molecule has 0 amide bonds. The average molecular weight is 642 g/mol. The van der Waals surface area contributed by atoms with E-state index in [9.17, 15) is 26.4 Å². The lowest BCUT2D eigenvalue weighted by atomic mass is 10.1. The van der Waals surface area contributed by atoms with E-state index in [-0.39, 0.29) is 42.0 Å². The normalized spacial score (nSPS) is 11.2. The highest BCUT2D eigenvalue weighted by Crippen LogP contribution is 2.29. The number of aryl methyl sites for hydroxylation is 1. The lowest BCUT2D eigenvalue weighted by Gasteiger charge is -2.03. The minimum atomic E-state index is -3.55. The first kappa shape index (κ1) is 33.3. The Hall–Kier alpha value is -2.87. The van der Waals surface area contributed by atoms with E-state index in [1.165, 1.54) is 59.1 Å². The van der Waals surface area contributed by atoms with Gasteiger partial charge in [0.15, 0.2) is 5.78 Å². The molecule has 0 spiro atoms. The Morgan fingerprint density at radius 1 is 0.700 bits per heavy atom. The van der Waals surface area contributed by atoms with Crippen LogP contribution < -0.4 is 5.73 Å². The molecule has 2 aromatic carbocycles. The Balaban J connectivity index is 0.000000274. The summed E-state index contributed by atoms with van der Waals surface area (Å²) in [6.07, 6.45) is 1.19. The summed E-state index contributed by atoms with van der Waals surface area (Å²) in [5, 5.41) is 8.78. The van der Waals surface area contributed by atoms with E-state index >= 15 is 0 Å². The predicted molar refractivity (Wildman–Crippen MR) is 159 cm³/mol. The van der Waals surface area contributed by atoms with Gasteiger partial charge >= 0.3 is 5.97 Å². The summed E-state index contributed by atoms with van der Waals surface area (Å²) in [5.74, 6) is -1.08. The van der Waals surface area contributed by atoms with Crippen LogP contribution in [-0.2, 0) is 32.6 Å². The van der Waals surface area contributed by atoms with Gasteiger partial charge in [-0.05, 0) is 67.1 Å². The zero-order valence-electron chi connectivity index (χ0n) is 21.6. The number of nitrogens with two attached hydrogens (primary N) is 1. The van der Waals surface area contributed by atoms with Crippen LogP contribution in [0.4, 0.5) is 0 Å². The molecule has 13 heteroatoms. The Morgan fingerprint density at radius 3 is 1.48 bits per heavy atom. The minimum absolute atomic E-state index is 0. The number of Topliss-reactive ketones (excluding diaryl/α,β-unsaturated/α-hetero) is 1. The second kappa shape index (κ2) is 14.2. The van der Waals surface area contributed by atoms with Crippen molar-refractivity contribution in [3.8, 4) is 0 Å². The summed E-state index contributed by atoms with van der Waals surface area (Å²) in [4.78, 5) is 24.4. The Morgan fingerprint density at radius 2 is 1.12 bits per heavy atom. The topological polar surface area (TPSA) is 149 Å². The molecular weight excluding hydrogens is 614 g/mol. The number of halogens is 1. The first-order valence-electron chi connectivity index (χ1n) is 11.8. The van der Waals surface area contributed by atoms with Crippen LogP contribution in [0.3, 0.4) is 0 Å². The SMILES string of the molecule is CCC(=O)c1ccc(S(=O)(=O)c2ccc(CN)s2)cc1.CCc1ccc(S(=O)(=O)c2ccc(C(=O)O)cc2)s1.Cl. The molecule has 3 N–H and O–H groups in total. The van der Waals surface area contributed by atoms with Crippen molar-refractivity contribution < 1.29 is 31.5 Å². The number of hydrogen-bond donors (Lipinski definition) is 2. The third-order valence-corrected chi connectivity index (χ3v) is 12.4. The number of thiophene rings is 2. The molecule has 0 saturated heterocycles. The van der Waals surface area contributed by atoms with Crippen LogP contribution in [0.25, 0.3) is 0 Å². The largest absolute Gasteiger partial charge is 0.478 e. The van der Waals surface area contributed by atoms with Crippen molar-refractivity contribution in [3.63, 3.8) is 0 Å². The number of carboxylic acids is 1. The lowest BCUT2D eigenvalue weighted by molar-refractivity contribution is 0.0696. The summed E-state index contributed by atoms with van der Waals surface area (Å²) in [5.41, 5.74) is 6.09. The molecule has 0 aliphatic rings. The highest BCUT2D eigenvalue weighted by molar-refractivity contribution is 7.93. The molecule has 0 bridgehead atoms. The van der Waals surface area contributed by atoms with E-state index in [1.54, 1.807) is 43.3 Å². The zero-order valence-corrected chi connectivity index (χ0v) is 25.6. The predicted octanol–water partition coefficient (Wildman–Crippen LogP) is 5.90. The van der Waals surface area contributed by atoms with Gasteiger partial charge in [0.05, 0.1) is 15.4 Å². The molecule has 8 nitrogen and oxygen atoms in total. The molecule has 0 atom stereocenters. The van der Waals surface area contributed by atoms with Gasteiger partial charge in [0.1, 0.15) is 8.42 Å². The fraction of sp³-hybridized carbons (Fsp3) is 0.185. The zero-order chi connectivity index (χ0) is 28.8. The van der Waals surface area contributed by atoms with Crippen LogP contribution in [0, 0.1) is 0 Å². The van der Waals surface area contributed by atoms with E-state index in [2.05, 4.69) is 0 Å². The van der Waals surface area contributed by atoms with Gasteiger partial charge in [0.2, 0.25) is 19.7 Å². The summed E-state index contributed by atoms with van der Waals surface area (Å²) in [7, 11) is -7.07. The smallest absolute Gasteiger partial charge is 0.335 e. The van der Waals surface area contributed by atoms with Gasteiger partial charge in [-0.2, -0.15) is 0 Å². The Bertz CT molecular complexity index is 1670. The van der Waals surface area contributed by atoms with Gasteiger partial charge in [-0.15, -0.1) is 35.1 Å². The second-order valence-electron chi connectivity index (χ2n) is 8.14. The van der Waals surface area contributed by atoms with Gasteiger partial charge in [0, 0.05) is 28.3 Å². The molecule has 2 heterocycles. The van der Waals surface area contributed by atoms with Crippen molar-refractivity contribution in [3.05, 3.63) is 93.7 Å². The van der Waals surface area contributed by atoms with Crippen molar-refractivity contribution in [1.29, 1.82) is 0 Å². The van der Waals surface area contributed by atoms with E-state index in [4.69, 9.17) is 10.8 Å². The van der Waals surface area contributed by atoms with Crippen molar-refractivity contribution in [2.45, 2.75) is 51.4 Å². The molecule has 0 unspecified atom stereocenters. The molecule has 40 heavy (non-hydrogen) atoms. The maximum absolute atomic E-state index is 12.4. The van der Waals surface area contributed by atoms with E-state index < -0.39 is 25.6 Å². The quantitative estimate of drug-likeness (QED) is 0.215. The van der Waals surface area contributed by atoms with Crippen molar-refractivity contribution >= 4 is 66.5 Å². The average Bonchev–Trinajstić information content (AvgIpc) is 3.64. The van der Waals surface area contributed by atoms with E-state index in [0.717, 1.165) is 16.2 Å². The number of benzene rings is 2. The van der Waals surface area contributed by atoms with Crippen LogP contribution in [-0.4, -0.2) is 33.7 Å². The van der Waals surface area contributed by atoms with Gasteiger partial charge in [-0.1, -0.05) is 26.0 Å². The van der Waals surface area contributed by atoms with Crippen LogP contribution in [0.5, 0.6) is 0 Å². The van der Waals surface area contributed by atoms with Crippen LogP contribution in [0.15, 0.2) is 91.0 Å². The molecule has 214 valence electrons. The van der Waals surface area contributed by atoms with Gasteiger partial charge in [0.25, 0.3) is 0 Å². The molecule has 0 aliphatic carbocycles. The number of sulfone groups is 2. The summed E-state index contributed by atoms with van der Waals surface area (Å²) in [6.45, 7) is 4.06. The summed E-state index contributed by atoms with van der Waals surface area (Å²) >= 11 is 2.41. The van der Waals surface area contributed by atoms with Crippen molar-refractivity contribution in [2.75, 3.05) is 0 Å². The van der Waals surface area contributed by atoms with Crippen LogP contribution in [0.1, 0.15) is 50.7 Å². The number of rotatable bonds is 9. The van der Waals surface area contributed by atoms with Gasteiger partial charge in [-0.3, -0.25) is 4.79 Å². The second-order valence-corrected chi connectivity index (χ2v) is 14.8. The number of carbonyl (C=O) groups is 2. The lowest BCUT2D eigenvalue weighted by Crippen LogP contribution is -2.01. The standard InChI is InChI=1S/C14H15NO3S2.C13H12O4S2.ClH/c1-2-13(16)10-3-6-12(7-4-10)20(17,18)14-8-5-11(9-15)19-14;1-2-10-5-8-12(18-10)19(16,17)11-6-3-9(4-7-11)13(14)15;/h3-8H,2,9,15H2,1H3;3-8H,2H2,1H3,(H,14,15);1H. The summed E-state index contributed by atoms with van der Waals surface area (Å²) in [6, 6.07) is 17.9. The van der Waals surface area contributed by atoms with Gasteiger partial charge < -0.3 is 10.8 Å². The molecule has 4 aromatic rings. The van der Waals surface area contributed by atoms with Crippen LogP contribution >= 0.6 is 35.1 Å². The number of ketones is 1. The maximum Gasteiger partial charge on any atom is 0.335 e. The third kappa shape index (κ3) is 7.65. The first-order valence-corrected chi connectivity index (χ1v) is 16.4.